The van der Waals surface area contributed by atoms with E-state index in [1.807, 2.05) is 24.3 Å². The van der Waals surface area contributed by atoms with E-state index < -0.39 is 11.8 Å². The van der Waals surface area contributed by atoms with E-state index in [4.69, 9.17) is 5.11 Å². The van der Waals surface area contributed by atoms with Gasteiger partial charge >= 0.3 is 11.8 Å². The molecule has 7 nitrogen and oxygen atoms in total. The minimum absolute atomic E-state index is 0.0226. The highest BCUT2D eigenvalue weighted by molar-refractivity contribution is 6.40. The van der Waals surface area contributed by atoms with Gasteiger partial charge in [0.05, 0.1) is 17.9 Å². The van der Waals surface area contributed by atoms with Crippen molar-refractivity contribution >= 4 is 23.4 Å². The third kappa shape index (κ3) is 5.93. The Morgan fingerprint density at radius 2 is 1.56 bits per heavy atom. The Morgan fingerprint density at radius 3 is 2.22 bits per heavy atom. The zero-order valence-corrected chi connectivity index (χ0v) is 15.1. The summed E-state index contributed by atoms with van der Waals surface area (Å²) in [5.41, 5.74) is 2.68. The Balaban J connectivity index is 2.01. The third-order valence-corrected chi connectivity index (χ3v) is 3.91. The lowest BCUT2D eigenvalue weighted by Crippen LogP contribution is -2.37. The Hall–Kier alpha value is -3.19. The van der Waals surface area contributed by atoms with Gasteiger partial charge in [0.15, 0.2) is 0 Å². The minimum Gasteiger partial charge on any atom is -0.395 e. The van der Waals surface area contributed by atoms with Crippen molar-refractivity contribution in [3.8, 4) is 0 Å². The second-order valence-electron chi connectivity index (χ2n) is 5.83. The van der Waals surface area contributed by atoms with E-state index in [0.29, 0.717) is 6.54 Å². The Bertz CT molecular complexity index is 803. The summed E-state index contributed by atoms with van der Waals surface area (Å²) in [6.07, 6.45) is 0.950. The first-order valence-electron chi connectivity index (χ1n) is 8.70. The van der Waals surface area contributed by atoms with Gasteiger partial charge in [-0.3, -0.25) is 14.4 Å². The number of aryl methyl sites for hydroxylation is 1. The Kier molecular flexibility index (Phi) is 7.51. The summed E-state index contributed by atoms with van der Waals surface area (Å²) in [5.74, 6) is -2.14. The number of hydrogen-bond acceptors (Lipinski definition) is 4. The standard InChI is InChI=1S/C20H23N3O4/c1-2-14-7-9-15(10-8-14)13-22-18(25)16-5-3-4-6-17(16)23-20(27)19(26)21-11-12-24/h3-10,24H,2,11-13H2,1H3,(H,21,26)(H,22,25)(H,23,27). The molecule has 0 fully saturated rings. The first-order chi connectivity index (χ1) is 13.0. The van der Waals surface area contributed by atoms with Crippen LogP contribution in [-0.2, 0) is 22.6 Å². The number of hydrogen-bond donors (Lipinski definition) is 4. The monoisotopic (exact) mass is 369 g/mol. The van der Waals surface area contributed by atoms with Gasteiger partial charge in [-0.1, -0.05) is 43.3 Å². The van der Waals surface area contributed by atoms with E-state index in [1.54, 1.807) is 24.3 Å². The molecule has 0 aromatic heterocycles. The lowest BCUT2D eigenvalue weighted by molar-refractivity contribution is -0.136. The number of nitrogens with one attached hydrogen (secondary N) is 3. The molecule has 0 radical (unpaired) electrons. The highest BCUT2D eigenvalue weighted by Gasteiger charge is 2.17. The molecule has 0 saturated carbocycles. The van der Waals surface area contributed by atoms with Crippen molar-refractivity contribution in [2.45, 2.75) is 19.9 Å². The molecule has 0 spiro atoms. The van der Waals surface area contributed by atoms with Crippen molar-refractivity contribution < 1.29 is 19.5 Å². The summed E-state index contributed by atoms with van der Waals surface area (Å²) in [7, 11) is 0. The van der Waals surface area contributed by atoms with Gasteiger partial charge in [0.1, 0.15) is 0 Å². The molecule has 4 N–H and O–H groups in total. The number of amides is 3. The van der Waals surface area contributed by atoms with Gasteiger partial charge in [-0.15, -0.1) is 0 Å². The van der Waals surface area contributed by atoms with E-state index in [0.717, 1.165) is 12.0 Å². The minimum atomic E-state index is -0.904. The van der Waals surface area contributed by atoms with E-state index in [1.165, 1.54) is 5.56 Å². The number of aliphatic hydroxyl groups is 1. The van der Waals surface area contributed by atoms with Gasteiger partial charge in [-0.2, -0.15) is 0 Å². The average Bonchev–Trinajstić information content (AvgIpc) is 2.70. The third-order valence-electron chi connectivity index (χ3n) is 3.91. The number of anilines is 1. The summed E-state index contributed by atoms with van der Waals surface area (Å²) < 4.78 is 0. The van der Waals surface area contributed by atoms with Gasteiger partial charge in [0.25, 0.3) is 5.91 Å². The number of rotatable bonds is 7. The highest BCUT2D eigenvalue weighted by atomic mass is 16.3. The predicted molar refractivity (Wildman–Crippen MR) is 102 cm³/mol. The van der Waals surface area contributed by atoms with Gasteiger partial charge in [-0.05, 0) is 29.7 Å². The van der Waals surface area contributed by atoms with Crippen molar-refractivity contribution in [3.05, 3.63) is 65.2 Å². The molecule has 0 saturated heterocycles. The van der Waals surface area contributed by atoms with E-state index in [9.17, 15) is 14.4 Å². The van der Waals surface area contributed by atoms with Crippen LogP contribution in [0.15, 0.2) is 48.5 Å². The summed E-state index contributed by atoms with van der Waals surface area (Å²) in [6, 6.07) is 14.4. The van der Waals surface area contributed by atoms with Crippen LogP contribution in [0.2, 0.25) is 0 Å². The second-order valence-corrected chi connectivity index (χ2v) is 5.83. The topological polar surface area (TPSA) is 108 Å². The average molecular weight is 369 g/mol. The lowest BCUT2D eigenvalue weighted by atomic mass is 10.1. The van der Waals surface area contributed by atoms with Gasteiger partial charge in [-0.25, -0.2) is 0 Å². The maximum absolute atomic E-state index is 12.5. The molecule has 0 atom stereocenters. The predicted octanol–water partition coefficient (Wildman–Crippen LogP) is 1.23. The lowest BCUT2D eigenvalue weighted by Gasteiger charge is -2.11. The van der Waals surface area contributed by atoms with Gasteiger partial charge < -0.3 is 21.1 Å². The molecule has 0 aliphatic heterocycles. The molecule has 0 unspecified atom stereocenters. The van der Waals surface area contributed by atoms with E-state index >= 15 is 0 Å². The summed E-state index contributed by atoms with van der Waals surface area (Å²) in [6.45, 7) is 2.14. The summed E-state index contributed by atoms with van der Waals surface area (Å²) in [5, 5.41) is 16.2. The van der Waals surface area contributed by atoms with Crippen molar-refractivity contribution in [1.82, 2.24) is 10.6 Å². The second kappa shape index (κ2) is 10.1. The number of aliphatic hydroxyl groups excluding tert-OH is 1. The van der Waals surface area contributed by atoms with E-state index in [-0.39, 0.29) is 30.3 Å². The van der Waals surface area contributed by atoms with E-state index in [2.05, 4.69) is 22.9 Å². The fraction of sp³-hybridized carbons (Fsp3) is 0.250. The SMILES string of the molecule is CCc1ccc(CNC(=O)c2ccccc2NC(=O)C(=O)NCCO)cc1. The Labute approximate surface area is 157 Å². The molecule has 0 heterocycles. The normalized spacial score (nSPS) is 10.1. The highest BCUT2D eigenvalue weighted by Crippen LogP contribution is 2.15. The number of carbonyl (C=O) groups excluding carboxylic acids is 3. The smallest absolute Gasteiger partial charge is 0.313 e. The fourth-order valence-electron chi connectivity index (χ4n) is 2.39. The van der Waals surface area contributed by atoms with Crippen molar-refractivity contribution in [2.75, 3.05) is 18.5 Å². The van der Waals surface area contributed by atoms with Crippen LogP contribution < -0.4 is 16.0 Å². The Morgan fingerprint density at radius 1 is 0.889 bits per heavy atom. The molecule has 27 heavy (non-hydrogen) atoms. The quantitative estimate of drug-likeness (QED) is 0.551. The molecule has 0 bridgehead atoms. The number of carbonyl (C=O) groups is 3. The molecule has 0 aliphatic carbocycles. The van der Waals surface area contributed by atoms with Crippen LogP contribution in [0.5, 0.6) is 0 Å². The van der Waals surface area contributed by atoms with Crippen molar-refractivity contribution in [3.63, 3.8) is 0 Å². The number of para-hydroxylation sites is 1. The van der Waals surface area contributed by atoms with Crippen LogP contribution in [0.1, 0.15) is 28.4 Å². The largest absolute Gasteiger partial charge is 0.395 e. The molecule has 2 aromatic carbocycles. The molecule has 2 aromatic rings. The zero-order chi connectivity index (χ0) is 19.6. The molecule has 2 rings (SSSR count). The van der Waals surface area contributed by atoms with Crippen molar-refractivity contribution in [2.24, 2.45) is 0 Å². The van der Waals surface area contributed by atoms with Crippen LogP contribution in [0.3, 0.4) is 0 Å². The van der Waals surface area contributed by atoms with Crippen LogP contribution in [0, 0.1) is 0 Å². The number of benzene rings is 2. The maximum atomic E-state index is 12.5. The zero-order valence-electron chi connectivity index (χ0n) is 15.1. The first-order valence-corrected chi connectivity index (χ1v) is 8.70. The van der Waals surface area contributed by atoms with Crippen LogP contribution in [0.25, 0.3) is 0 Å². The molecule has 3 amide bonds. The van der Waals surface area contributed by atoms with Gasteiger partial charge in [0, 0.05) is 13.1 Å². The molecular weight excluding hydrogens is 346 g/mol. The maximum Gasteiger partial charge on any atom is 0.313 e. The molecule has 142 valence electrons. The molecular formula is C20H23N3O4. The molecule has 0 aliphatic rings. The van der Waals surface area contributed by atoms with Crippen LogP contribution in [0.4, 0.5) is 5.69 Å². The van der Waals surface area contributed by atoms with Crippen molar-refractivity contribution in [1.29, 1.82) is 0 Å². The van der Waals surface area contributed by atoms with Crippen LogP contribution in [-0.4, -0.2) is 36.0 Å². The van der Waals surface area contributed by atoms with Gasteiger partial charge in [0.2, 0.25) is 0 Å². The first kappa shape index (κ1) is 20.1. The van der Waals surface area contributed by atoms with Crippen LogP contribution >= 0.6 is 0 Å². The summed E-state index contributed by atoms with van der Waals surface area (Å²) in [4.78, 5) is 36.0. The summed E-state index contributed by atoms with van der Waals surface area (Å²) >= 11 is 0. The fourth-order valence-corrected chi connectivity index (χ4v) is 2.39. The molecule has 7 heteroatoms.